The number of ether oxygens (including phenoxy) is 1. The van der Waals surface area contributed by atoms with E-state index in [4.69, 9.17) is 4.74 Å². The fourth-order valence-corrected chi connectivity index (χ4v) is 3.58. The van der Waals surface area contributed by atoms with Crippen LogP contribution in [0.15, 0.2) is 54.6 Å². The summed E-state index contributed by atoms with van der Waals surface area (Å²) in [7, 11) is -0.576. The first-order valence-corrected chi connectivity index (χ1v) is 9.96. The van der Waals surface area contributed by atoms with Gasteiger partial charge in [0.1, 0.15) is 18.2 Å². The van der Waals surface area contributed by atoms with Crippen LogP contribution in [0, 0.1) is 0 Å². The molecule has 2 heterocycles. The molecule has 0 amide bonds. The van der Waals surface area contributed by atoms with Crippen molar-refractivity contribution < 1.29 is 13.2 Å². The minimum atomic E-state index is -3.54. The molecule has 1 aliphatic rings. The molecule has 0 saturated heterocycles. The van der Waals surface area contributed by atoms with E-state index in [-0.39, 0.29) is 6.04 Å². The van der Waals surface area contributed by atoms with Crippen LogP contribution < -0.4 is 14.8 Å². The van der Waals surface area contributed by atoms with Crippen molar-refractivity contribution in [1.82, 2.24) is 9.29 Å². The molecule has 3 aromatic rings. The van der Waals surface area contributed by atoms with Crippen LogP contribution in [-0.2, 0) is 10.2 Å². The number of hydrogen-bond acceptors (Lipinski definition) is 5. The number of nitrogens with one attached hydrogen (secondary N) is 2. The summed E-state index contributed by atoms with van der Waals surface area (Å²) < 4.78 is 33.3. The maximum atomic E-state index is 12.0. The van der Waals surface area contributed by atoms with Crippen molar-refractivity contribution in [2.24, 2.45) is 0 Å². The average Bonchev–Trinajstić information content (AvgIpc) is 3.04. The summed E-state index contributed by atoms with van der Waals surface area (Å²) in [6.07, 6.45) is 0. The van der Waals surface area contributed by atoms with E-state index in [0.29, 0.717) is 12.3 Å². The van der Waals surface area contributed by atoms with E-state index >= 15 is 0 Å². The molecule has 0 spiro atoms. The second-order valence-corrected chi connectivity index (χ2v) is 8.42. The molecular formula is C19H20N4O3S. The van der Waals surface area contributed by atoms with Gasteiger partial charge in [-0.2, -0.15) is 12.7 Å². The zero-order valence-electron chi connectivity index (χ0n) is 15.0. The Balaban J connectivity index is 1.56. The molecule has 1 atom stereocenters. The van der Waals surface area contributed by atoms with Gasteiger partial charge >= 0.3 is 10.2 Å². The van der Waals surface area contributed by atoms with E-state index in [1.54, 1.807) is 18.2 Å². The quantitative estimate of drug-likeness (QED) is 0.707. The molecule has 1 aromatic heterocycles. The zero-order valence-corrected chi connectivity index (χ0v) is 15.8. The highest BCUT2D eigenvalue weighted by Gasteiger charge is 2.23. The number of fused-ring (bicyclic) bond motifs is 2. The third-order valence-electron chi connectivity index (χ3n) is 4.44. The Hall–Kier alpha value is -2.84. The monoisotopic (exact) mass is 384 g/mol. The van der Waals surface area contributed by atoms with Crippen LogP contribution >= 0.6 is 0 Å². The van der Waals surface area contributed by atoms with Gasteiger partial charge in [0.25, 0.3) is 0 Å². The van der Waals surface area contributed by atoms with Crippen LogP contribution in [0.3, 0.4) is 0 Å². The Kier molecular flexibility index (Phi) is 4.37. The lowest BCUT2D eigenvalue weighted by Crippen LogP contribution is -2.28. The summed E-state index contributed by atoms with van der Waals surface area (Å²) in [4.78, 5) is 4.63. The standard InChI is InChI=1S/C19H20N4O3S/c1-23(2)27(24,25)22-14-8-9-16-13(11-14)7-10-19(20-16)21-17-12-26-18-6-4-3-5-15(17)18/h3-11,17,22H,12H2,1-2H3,(H,20,21). The number of pyridine rings is 1. The maximum Gasteiger partial charge on any atom is 0.301 e. The van der Waals surface area contributed by atoms with Gasteiger partial charge in [0.05, 0.1) is 17.2 Å². The summed E-state index contributed by atoms with van der Waals surface area (Å²) in [6, 6.07) is 17.1. The number of anilines is 2. The number of aromatic nitrogens is 1. The van der Waals surface area contributed by atoms with Gasteiger partial charge in [-0.15, -0.1) is 0 Å². The molecule has 8 heteroatoms. The van der Waals surface area contributed by atoms with Crippen molar-refractivity contribution in [3.8, 4) is 5.75 Å². The number of rotatable bonds is 5. The summed E-state index contributed by atoms with van der Waals surface area (Å²) in [5, 5.41) is 4.25. The first-order valence-electron chi connectivity index (χ1n) is 8.52. The highest BCUT2D eigenvalue weighted by molar-refractivity contribution is 7.90. The lowest BCUT2D eigenvalue weighted by atomic mass is 10.1. The largest absolute Gasteiger partial charge is 0.491 e. The van der Waals surface area contributed by atoms with Gasteiger partial charge in [0, 0.05) is 25.0 Å². The third-order valence-corrected chi connectivity index (χ3v) is 5.89. The summed E-state index contributed by atoms with van der Waals surface area (Å²) in [5.74, 6) is 1.64. The zero-order chi connectivity index (χ0) is 19.0. The maximum absolute atomic E-state index is 12.0. The molecule has 0 radical (unpaired) electrons. The number of hydrogen-bond donors (Lipinski definition) is 2. The van der Waals surface area contributed by atoms with Crippen LogP contribution in [0.5, 0.6) is 5.75 Å². The van der Waals surface area contributed by atoms with E-state index < -0.39 is 10.2 Å². The SMILES string of the molecule is CN(C)S(=O)(=O)Nc1ccc2nc(NC3COc4ccccc43)ccc2c1. The molecule has 0 fully saturated rings. The lowest BCUT2D eigenvalue weighted by molar-refractivity contribution is 0.339. The Morgan fingerprint density at radius 2 is 1.93 bits per heavy atom. The topological polar surface area (TPSA) is 83.6 Å². The van der Waals surface area contributed by atoms with Gasteiger partial charge < -0.3 is 10.1 Å². The molecule has 1 unspecified atom stereocenters. The van der Waals surface area contributed by atoms with Crippen LogP contribution in [-0.4, -0.2) is 38.4 Å². The van der Waals surface area contributed by atoms with Crippen molar-refractivity contribution in [2.75, 3.05) is 30.7 Å². The number of benzene rings is 2. The minimum Gasteiger partial charge on any atom is -0.491 e. The van der Waals surface area contributed by atoms with Gasteiger partial charge in [-0.1, -0.05) is 18.2 Å². The molecular weight excluding hydrogens is 364 g/mol. The Morgan fingerprint density at radius 3 is 2.74 bits per heavy atom. The van der Waals surface area contributed by atoms with Crippen LogP contribution in [0.2, 0.25) is 0 Å². The fourth-order valence-electron chi connectivity index (χ4n) is 2.97. The van der Waals surface area contributed by atoms with Gasteiger partial charge in [-0.05, 0) is 36.4 Å². The van der Waals surface area contributed by atoms with E-state index in [2.05, 4.69) is 15.0 Å². The summed E-state index contributed by atoms with van der Waals surface area (Å²) in [6.45, 7) is 0.560. The molecule has 140 valence electrons. The third kappa shape index (κ3) is 3.54. The first kappa shape index (κ1) is 17.6. The minimum absolute atomic E-state index is 0.0531. The van der Waals surface area contributed by atoms with E-state index in [0.717, 1.165) is 32.3 Å². The molecule has 4 rings (SSSR count). The number of nitrogens with zero attached hydrogens (tertiary/aromatic N) is 2. The van der Waals surface area contributed by atoms with E-state index in [1.165, 1.54) is 14.1 Å². The molecule has 0 saturated carbocycles. The Morgan fingerprint density at radius 1 is 1.11 bits per heavy atom. The van der Waals surface area contributed by atoms with Gasteiger partial charge in [0.15, 0.2) is 0 Å². The van der Waals surface area contributed by atoms with Crippen LogP contribution in [0.4, 0.5) is 11.5 Å². The molecule has 7 nitrogen and oxygen atoms in total. The first-order chi connectivity index (χ1) is 12.9. The predicted molar refractivity (Wildman–Crippen MR) is 106 cm³/mol. The van der Waals surface area contributed by atoms with Crippen molar-refractivity contribution in [2.45, 2.75) is 6.04 Å². The molecule has 1 aliphatic heterocycles. The van der Waals surface area contributed by atoms with Crippen molar-refractivity contribution in [3.05, 3.63) is 60.2 Å². The van der Waals surface area contributed by atoms with E-state index in [9.17, 15) is 8.42 Å². The summed E-state index contributed by atoms with van der Waals surface area (Å²) >= 11 is 0. The average molecular weight is 384 g/mol. The molecule has 27 heavy (non-hydrogen) atoms. The van der Waals surface area contributed by atoms with E-state index in [1.807, 2.05) is 36.4 Å². The van der Waals surface area contributed by atoms with Crippen molar-refractivity contribution in [1.29, 1.82) is 0 Å². The molecule has 0 bridgehead atoms. The Labute approximate surface area is 158 Å². The van der Waals surface area contributed by atoms with Gasteiger partial charge in [-0.25, -0.2) is 4.98 Å². The van der Waals surface area contributed by atoms with Crippen molar-refractivity contribution in [3.63, 3.8) is 0 Å². The summed E-state index contributed by atoms with van der Waals surface area (Å²) in [5.41, 5.74) is 2.39. The second kappa shape index (κ2) is 6.71. The Bertz CT molecular complexity index is 1100. The lowest BCUT2D eigenvalue weighted by Gasteiger charge is -2.15. The molecule has 2 N–H and O–H groups in total. The van der Waals surface area contributed by atoms with Crippen molar-refractivity contribution >= 4 is 32.6 Å². The van der Waals surface area contributed by atoms with Crippen LogP contribution in [0.25, 0.3) is 10.9 Å². The normalized spacial score (nSPS) is 16.2. The predicted octanol–water partition coefficient (Wildman–Crippen LogP) is 3.00. The fraction of sp³-hybridized carbons (Fsp3) is 0.211. The smallest absolute Gasteiger partial charge is 0.301 e. The van der Waals surface area contributed by atoms with Crippen LogP contribution in [0.1, 0.15) is 11.6 Å². The second-order valence-electron chi connectivity index (χ2n) is 6.54. The molecule has 2 aromatic carbocycles. The highest BCUT2D eigenvalue weighted by Crippen LogP contribution is 2.34. The van der Waals surface area contributed by atoms with Gasteiger partial charge in [0.2, 0.25) is 0 Å². The molecule has 0 aliphatic carbocycles. The number of para-hydroxylation sites is 1. The van der Waals surface area contributed by atoms with Gasteiger partial charge in [-0.3, -0.25) is 4.72 Å². The highest BCUT2D eigenvalue weighted by atomic mass is 32.2.